The first-order valence-corrected chi connectivity index (χ1v) is 6.12. The number of hydrogen-bond donors (Lipinski definition) is 1. The Hall–Kier alpha value is -1.61. The van der Waals surface area contributed by atoms with Gasteiger partial charge in [0.1, 0.15) is 0 Å². The summed E-state index contributed by atoms with van der Waals surface area (Å²) in [6.07, 6.45) is 0. The summed E-state index contributed by atoms with van der Waals surface area (Å²) in [6.45, 7) is 2.07. The van der Waals surface area contributed by atoms with Crippen LogP contribution in [0.2, 0.25) is 0 Å². The number of aryl methyl sites for hydroxylation is 1. The van der Waals surface area contributed by atoms with Crippen molar-refractivity contribution in [2.24, 2.45) is 0 Å². The van der Waals surface area contributed by atoms with Crippen LogP contribution in [-0.4, -0.2) is 14.2 Å². The Morgan fingerprint density at radius 1 is 0.889 bits per heavy atom. The molecule has 18 heavy (non-hydrogen) atoms. The Kier molecular flexibility index (Phi) is 3.82. The molecule has 0 atom stereocenters. The van der Waals surface area contributed by atoms with E-state index in [0.29, 0.717) is 11.5 Å². The summed E-state index contributed by atoms with van der Waals surface area (Å²) < 4.78 is 10.6. The van der Waals surface area contributed by atoms with Crippen molar-refractivity contribution in [3.05, 3.63) is 42.0 Å². The van der Waals surface area contributed by atoms with E-state index in [1.165, 1.54) is 5.56 Å². The summed E-state index contributed by atoms with van der Waals surface area (Å²) in [7, 11) is 3.26. The van der Waals surface area contributed by atoms with Crippen LogP contribution in [0.3, 0.4) is 0 Å². The minimum Gasteiger partial charge on any atom is -0.493 e. The Balaban J connectivity index is 2.54. The lowest BCUT2D eigenvalue weighted by Gasteiger charge is -2.12. The van der Waals surface area contributed by atoms with Crippen molar-refractivity contribution in [1.29, 1.82) is 0 Å². The van der Waals surface area contributed by atoms with E-state index < -0.39 is 0 Å². The molecule has 2 rings (SSSR count). The topological polar surface area (TPSA) is 18.5 Å². The van der Waals surface area contributed by atoms with Crippen LogP contribution in [0, 0.1) is 6.92 Å². The third-order valence-electron chi connectivity index (χ3n) is 2.86. The lowest BCUT2D eigenvalue weighted by molar-refractivity contribution is 0.354. The molecule has 2 aromatic rings. The minimum absolute atomic E-state index is 0.693. The van der Waals surface area contributed by atoms with Crippen molar-refractivity contribution in [2.45, 2.75) is 11.8 Å². The van der Waals surface area contributed by atoms with Crippen molar-refractivity contribution >= 4 is 12.6 Å². The lowest BCUT2D eigenvalue weighted by atomic mass is 10.0. The molecule has 2 aromatic carbocycles. The Morgan fingerprint density at radius 2 is 1.44 bits per heavy atom. The first kappa shape index (κ1) is 12.8. The highest BCUT2D eigenvalue weighted by Gasteiger charge is 2.10. The molecule has 0 bridgehead atoms. The molecule has 0 fully saturated rings. The van der Waals surface area contributed by atoms with Gasteiger partial charge < -0.3 is 9.47 Å². The largest absolute Gasteiger partial charge is 0.493 e. The molecule has 0 N–H and O–H groups in total. The van der Waals surface area contributed by atoms with E-state index in [9.17, 15) is 0 Å². The van der Waals surface area contributed by atoms with E-state index >= 15 is 0 Å². The van der Waals surface area contributed by atoms with E-state index in [-0.39, 0.29) is 0 Å². The van der Waals surface area contributed by atoms with Gasteiger partial charge in [0.25, 0.3) is 0 Å². The molecular weight excluding hydrogens is 244 g/mol. The SMILES string of the molecule is COc1cc(S)c(-c2ccc(C)cc2)cc1OC. The van der Waals surface area contributed by atoms with Crippen LogP contribution in [0.5, 0.6) is 11.5 Å². The average Bonchev–Trinajstić information content (AvgIpc) is 2.39. The summed E-state index contributed by atoms with van der Waals surface area (Å²) in [5, 5.41) is 0. The predicted molar refractivity (Wildman–Crippen MR) is 77.0 cm³/mol. The molecule has 0 aromatic heterocycles. The molecule has 3 heteroatoms. The molecule has 94 valence electrons. The summed E-state index contributed by atoms with van der Waals surface area (Å²) >= 11 is 4.51. The smallest absolute Gasteiger partial charge is 0.161 e. The second-order valence-corrected chi connectivity index (χ2v) is 4.57. The van der Waals surface area contributed by atoms with Crippen LogP contribution >= 0.6 is 12.6 Å². The van der Waals surface area contributed by atoms with Gasteiger partial charge in [-0.3, -0.25) is 0 Å². The van der Waals surface area contributed by atoms with Crippen LogP contribution in [0.15, 0.2) is 41.3 Å². The number of benzene rings is 2. The normalized spacial score (nSPS) is 10.2. The average molecular weight is 260 g/mol. The van der Waals surface area contributed by atoms with E-state index in [1.807, 2.05) is 12.1 Å². The van der Waals surface area contributed by atoms with Crippen molar-refractivity contribution in [3.8, 4) is 22.6 Å². The predicted octanol–water partition coefficient (Wildman–Crippen LogP) is 3.97. The van der Waals surface area contributed by atoms with Crippen LogP contribution in [0.1, 0.15) is 5.56 Å². The molecule has 2 nitrogen and oxygen atoms in total. The van der Waals surface area contributed by atoms with Gasteiger partial charge in [0.2, 0.25) is 0 Å². The summed E-state index contributed by atoms with van der Waals surface area (Å²) in [5.74, 6) is 1.41. The van der Waals surface area contributed by atoms with Crippen molar-refractivity contribution in [1.82, 2.24) is 0 Å². The van der Waals surface area contributed by atoms with E-state index in [4.69, 9.17) is 9.47 Å². The number of rotatable bonds is 3. The third kappa shape index (κ3) is 2.46. The molecule has 0 heterocycles. The monoisotopic (exact) mass is 260 g/mol. The molecule has 0 amide bonds. The quantitative estimate of drug-likeness (QED) is 0.842. The third-order valence-corrected chi connectivity index (χ3v) is 3.23. The van der Waals surface area contributed by atoms with Crippen LogP contribution in [0.4, 0.5) is 0 Å². The fraction of sp³-hybridized carbons (Fsp3) is 0.200. The molecule has 0 radical (unpaired) electrons. The molecule has 0 aliphatic rings. The molecule has 0 aliphatic heterocycles. The molecule has 0 aliphatic carbocycles. The van der Waals surface area contributed by atoms with Crippen LogP contribution in [0.25, 0.3) is 11.1 Å². The molecular formula is C15H16O2S. The van der Waals surface area contributed by atoms with Gasteiger partial charge in [-0.25, -0.2) is 0 Å². The van der Waals surface area contributed by atoms with Gasteiger partial charge in [-0.2, -0.15) is 0 Å². The van der Waals surface area contributed by atoms with Gasteiger partial charge in [0, 0.05) is 4.90 Å². The second kappa shape index (κ2) is 5.36. The van der Waals surface area contributed by atoms with Crippen molar-refractivity contribution in [3.63, 3.8) is 0 Å². The van der Waals surface area contributed by atoms with E-state index in [2.05, 4.69) is 43.8 Å². The zero-order valence-electron chi connectivity index (χ0n) is 10.7. The maximum absolute atomic E-state index is 5.32. The fourth-order valence-electron chi connectivity index (χ4n) is 1.83. The van der Waals surface area contributed by atoms with Gasteiger partial charge in [0.05, 0.1) is 14.2 Å². The highest BCUT2D eigenvalue weighted by Crippen LogP contribution is 2.37. The Bertz CT molecular complexity index is 547. The first-order chi connectivity index (χ1) is 8.65. The van der Waals surface area contributed by atoms with Gasteiger partial charge in [-0.05, 0) is 30.2 Å². The van der Waals surface area contributed by atoms with E-state index in [0.717, 1.165) is 16.0 Å². The maximum Gasteiger partial charge on any atom is 0.161 e. The Morgan fingerprint density at radius 3 is 2.00 bits per heavy atom. The maximum atomic E-state index is 5.32. The number of thiol groups is 1. The Labute approximate surface area is 113 Å². The fourth-order valence-corrected chi connectivity index (χ4v) is 2.14. The summed E-state index contributed by atoms with van der Waals surface area (Å²) in [6, 6.07) is 12.1. The van der Waals surface area contributed by atoms with Crippen molar-refractivity contribution in [2.75, 3.05) is 14.2 Å². The molecule has 0 saturated carbocycles. The van der Waals surface area contributed by atoms with Gasteiger partial charge >= 0.3 is 0 Å². The standard InChI is InChI=1S/C15H16O2S/c1-10-4-6-11(7-5-10)12-8-13(16-2)14(17-3)9-15(12)18/h4-9,18H,1-3H3. The molecule has 0 saturated heterocycles. The van der Waals surface area contributed by atoms with E-state index in [1.54, 1.807) is 14.2 Å². The zero-order valence-corrected chi connectivity index (χ0v) is 11.6. The molecule has 0 spiro atoms. The van der Waals surface area contributed by atoms with Gasteiger partial charge in [-0.1, -0.05) is 29.8 Å². The van der Waals surface area contributed by atoms with Gasteiger partial charge in [-0.15, -0.1) is 12.6 Å². The number of ether oxygens (including phenoxy) is 2. The number of methoxy groups -OCH3 is 2. The molecule has 0 unspecified atom stereocenters. The lowest BCUT2D eigenvalue weighted by Crippen LogP contribution is -1.92. The second-order valence-electron chi connectivity index (χ2n) is 4.09. The van der Waals surface area contributed by atoms with Crippen LogP contribution < -0.4 is 9.47 Å². The minimum atomic E-state index is 0.693. The zero-order chi connectivity index (χ0) is 13.1. The first-order valence-electron chi connectivity index (χ1n) is 5.67. The number of hydrogen-bond acceptors (Lipinski definition) is 3. The summed E-state index contributed by atoms with van der Waals surface area (Å²) in [5.41, 5.74) is 3.39. The van der Waals surface area contributed by atoms with Crippen LogP contribution in [-0.2, 0) is 0 Å². The van der Waals surface area contributed by atoms with Crippen molar-refractivity contribution < 1.29 is 9.47 Å². The highest BCUT2D eigenvalue weighted by molar-refractivity contribution is 7.80. The van der Waals surface area contributed by atoms with Gasteiger partial charge in [0.15, 0.2) is 11.5 Å². The summed E-state index contributed by atoms with van der Waals surface area (Å²) in [4.78, 5) is 0.872. The highest BCUT2D eigenvalue weighted by atomic mass is 32.1.